The van der Waals surface area contributed by atoms with Crippen molar-refractivity contribution in [2.45, 2.75) is 83.3 Å². The van der Waals surface area contributed by atoms with E-state index in [9.17, 15) is 20.4 Å². The Morgan fingerprint density at radius 2 is 1.86 bits per heavy atom. The summed E-state index contributed by atoms with van der Waals surface area (Å²) >= 11 is 0. The standard InChI is InChI=1S/C16H30O6/c1-9(2)16(3)6-4-5-10(7-16)21-15-14(20)13(19)12(18)11(8-17)22-15/h9-15,17-20H,4-8H2,1-3H3/t10?,11-,12-,13+,14-,15?,16?/m1/s1. The van der Waals surface area contributed by atoms with Gasteiger partial charge in [-0.1, -0.05) is 27.2 Å². The SMILES string of the molecule is CC(C)C1(C)CCCC(OC2O[C@H](CO)[C@@H](O)[C@H](O)[C@H]2O)C1. The van der Waals surface area contributed by atoms with Crippen LogP contribution in [0.3, 0.4) is 0 Å². The highest BCUT2D eigenvalue weighted by Gasteiger charge is 2.46. The molecule has 7 atom stereocenters. The summed E-state index contributed by atoms with van der Waals surface area (Å²) in [7, 11) is 0. The first-order valence-electron chi connectivity index (χ1n) is 8.24. The molecule has 1 saturated carbocycles. The minimum atomic E-state index is -1.38. The topological polar surface area (TPSA) is 99.4 Å². The number of hydrogen-bond acceptors (Lipinski definition) is 6. The maximum atomic E-state index is 10.0. The van der Waals surface area contributed by atoms with E-state index in [2.05, 4.69) is 20.8 Å². The Kier molecular flexibility index (Phi) is 5.85. The maximum absolute atomic E-state index is 10.0. The predicted octanol–water partition coefficient (Wildman–Crippen LogP) is 0.408. The van der Waals surface area contributed by atoms with Gasteiger partial charge in [-0.15, -0.1) is 0 Å². The lowest BCUT2D eigenvalue weighted by molar-refractivity contribution is -0.315. The van der Waals surface area contributed by atoms with Crippen molar-refractivity contribution < 1.29 is 29.9 Å². The largest absolute Gasteiger partial charge is 0.394 e. The average molecular weight is 318 g/mol. The van der Waals surface area contributed by atoms with Crippen molar-refractivity contribution in [3.63, 3.8) is 0 Å². The van der Waals surface area contributed by atoms with E-state index in [0.717, 1.165) is 25.7 Å². The molecule has 130 valence electrons. The van der Waals surface area contributed by atoms with E-state index in [1.165, 1.54) is 0 Å². The van der Waals surface area contributed by atoms with Crippen molar-refractivity contribution in [2.24, 2.45) is 11.3 Å². The first kappa shape index (κ1) is 18.1. The summed E-state index contributed by atoms with van der Waals surface area (Å²) in [4.78, 5) is 0. The number of rotatable bonds is 4. The molecule has 1 saturated heterocycles. The Balaban J connectivity index is 2.00. The average Bonchev–Trinajstić information content (AvgIpc) is 2.48. The van der Waals surface area contributed by atoms with Gasteiger partial charge >= 0.3 is 0 Å². The van der Waals surface area contributed by atoms with Gasteiger partial charge < -0.3 is 29.9 Å². The highest BCUT2D eigenvalue weighted by atomic mass is 16.7. The highest BCUT2D eigenvalue weighted by Crippen LogP contribution is 2.43. The molecule has 0 radical (unpaired) electrons. The van der Waals surface area contributed by atoms with Crippen molar-refractivity contribution >= 4 is 0 Å². The van der Waals surface area contributed by atoms with Gasteiger partial charge in [0.15, 0.2) is 6.29 Å². The van der Waals surface area contributed by atoms with Gasteiger partial charge in [0.05, 0.1) is 12.7 Å². The molecule has 0 aromatic rings. The summed E-state index contributed by atoms with van der Waals surface area (Å²) in [5.41, 5.74) is 0.192. The van der Waals surface area contributed by atoms with E-state index in [1.807, 2.05) is 0 Å². The van der Waals surface area contributed by atoms with E-state index in [-0.39, 0.29) is 11.5 Å². The lowest BCUT2D eigenvalue weighted by atomic mass is 9.67. The second-order valence-corrected chi connectivity index (χ2v) is 7.36. The lowest BCUT2D eigenvalue weighted by Crippen LogP contribution is -2.59. The fourth-order valence-corrected chi connectivity index (χ4v) is 3.47. The molecule has 1 heterocycles. The molecule has 1 aliphatic heterocycles. The van der Waals surface area contributed by atoms with Crippen molar-refractivity contribution in [1.82, 2.24) is 0 Å². The summed E-state index contributed by atoms with van der Waals surface area (Å²) in [6.07, 6.45) is -2.05. The molecule has 1 aliphatic carbocycles. The summed E-state index contributed by atoms with van der Waals surface area (Å²) in [6.45, 7) is 6.23. The molecule has 2 fully saturated rings. The summed E-state index contributed by atoms with van der Waals surface area (Å²) in [5, 5.41) is 38.9. The molecule has 22 heavy (non-hydrogen) atoms. The van der Waals surface area contributed by atoms with Crippen LogP contribution in [0.5, 0.6) is 0 Å². The van der Waals surface area contributed by atoms with Gasteiger partial charge in [-0.05, 0) is 30.6 Å². The van der Waals surface area contributed by atoms with Gasteiger partial charge in [-0.25, -0.2) is 0 Å². The number of aliphatic hydroxyl groups is 4. The zero-order valence-corrected chi connectivity index (χ0v) is 13.7. The van der Waals surface area contributed by atoms with Crippen LogP contribution in [0.1, 0.15) is 46.5 Å². The monoisotopic (exact) mass is 318 g/mol. The molecule has 6 heteroatoms. The van der Waals surface area contributed by atoms with Crippen LogP contribution in [0.4, 0.5) is 0 Å². The third kappa shape index (κ3) is 3.63. The van der Waals surface area contributed by atoms with Gasteiger partial charge in [0, 0.05) is 0 Å². The van der Waals surface area contributed by atoms with Crippen LogP contribution in [0.25, 0.3) is 0 Å². The van der Waals surface area contributed by atoms with Crippen molar-refractivity contribution in [3.05, 3.63) is 0 Å². The van der Waals surface area contributed by atoms with E-state index in [0.29, 0.717) is 5.92 Å². The van der Waals surface area contributed by atoms with Crippen LogP contribution in [0, 0.1) is 11.3 Å². The summed E-state index contributed by atoms with van der Waals surface area (Å²) in [6, 6.07) is 0. The molecule has 0 aromatic heterocycles. The molecule has 0 spiro atoms. The Morgan fingerprint density at radius 3 is 2.45 bits per heavy atom. The fourth-order valence-electron chi connectivity index (χ4n) is 3.47. The van der Waals surface area contributed by atoms with Crippen LogP contribution < -0.4 is 0 Å². The molecule has 4 N–H and O–H groups in total. The summed E-state index contributed by atoms with van der Waals surface area (Å²) < 4.78 is 11.3. The van der Waals surface area contributed by atoms with Gasteiger partial charge in [0.25, 0.3) is 0 Å². The van der Waals surface area contributed by atoms with Gasteiger partial charge in [0.1, 0.15) is 24.4 Å². The van der Waals surface area contributed by atoms with Crippen molar-refractivity contribution in [1.29, 1.82) is 0 Å². The second kappa shape index (κ2) is 7.11. The molecule has 0 bridgehead atoms. The summed E-state index contributed by atoms with van der Waals surface area (Å²) in [5.74, 6) is 0.536. The smallest absolute Gasteiger partial charge is 0.186 e. The Bertz CT molecular complexity index is 361. The molecule has 0 amide bonds. The predicted molar refractivity (Wildman–Crippen MR) is 80.1 cm³/mol. The molecule has 2 rings (SSSR count). The lowest BCUT2D eigenvalue weighted by Gasteiger charge is -2.45. The highest BCUT2D eigenvalue weighted by molar-refractivity contribution is 4.91. The fraction of sp³-hybridized carbons (Fsp3) is 1.00. The third-order valence-corrected chi connectivity index (χ3v) is 5.54. The number of aliphatic hydroxyl groups excluding tert-OH is 4. The quantitative estimate of drug-likeness (QED) is 0.599. The minimum absolute atomic E-state index is 0.0532. The number of ether oxygens (including phenoxy) is 2. The van der Waals surface area contributed by atoms with E-state index >= 15 is 0 Å². The molecular weight excluding hydrogens is 288 g/mol. The third-order valence-electron chi connectivity index (χ3n) is 5.54. The normalized spacial score (nSPS) is 46.9. The number of hydrogen-bond donors (Lipinski definition) is 4. The molecule has 3 unspecified atom stereocenters. The van der Waals surface area contributed by atoms with Crippen LogP contribution in [0.15, 0.2) is 0 Å². The maximum Gasteiger partial charge on any atom is 0.186 e. The molecule has 6 nitrogen and oxygen atoms in total. The van der Waals surface area contributed by atoms with E-state index in [4.69, 9.17) is 9.47 Å². The van der Waals surface area contributed by atoms with Gasteiger partial charge in [-0.3, -0.25) is 0 Å². The van der Waals surface area contributed by atoms with Crippen LogP contribution in [-0.4, -0.2) is 63.8 Å². The Morgan fingerprint density at radius 1 is 1.18 bits per heavy atom. The molecule has 0 aromatic carbocycles. The Labute approximate surface area is 132 Å². The van der Waals surface area contributed by atoms with Crippen LogP contribution >= 0.6 is 0 Å². The minimum Gasteiger partial charge on any atom is -0.394 e. The van der Waals surface area contributed by atoms with Crippen molar-refractivity contribution in [3.8, 4) is 0 Å². The van der Waals surface area contributed by atoms with Crippen molar-refractivity contribution in [2.75, 3.05) is 6.61 Å². The molecular formula is C16H30O6. The zero-order chi connectivity index (χ0) is 16.5. The van der Waals surface area contributed by atoms with Gasteiger partial charge in [-0.2, -0.15) is 0 Å². The van der Waals surface area contributed by atoms with Crippen LogP contribution in [-0.2, 0) is 9.47 Å². The molecule has 2 aliphatic rings. The first-order chi connectivity index (χ1) is 10.3. The second-order valence-electron chi connectivity index (χ2n) is 7.36. The first-order valence-corrected chi connectivity index (χ1v) is 8.24. The van der Waals surface area contributed by atoms with Crippen LogP contribution in [0.2, 0.25) is 0 Å². The Hall–Kier alpha value is -0.240. The van der Waals surface area contributed by atoms with E-state index in [1.54, 1.807) is 0 Å². The van der Waals surface area contributed by atoms with Gasteiger partial charge in [0.2, 0.25) is 0 Å². The zero-order valence-electron chi connectivity index (χ0n) is 13.7. The van der Waals surface area contributed by atoms with E-state index < -0.39 is 37.3 Å².